The lowest BCUT2D eigenvalue weighted by molar-refractivity contribution is -0.137. The predicted octanol–water partition coefficient (Wildman–Crippen LogP) is 5.45. The first-order valence-electron chi connectivity index (χ1n) is 12.6. The van der Waals surface area contributed by atoms with Crippen molar-refractivity contribution in [2.45, 2.75) is 32.3 Å². The number of carbonyl (C=O) groups excluding carboxylic acids is 2. The van der Waals surface area contributed by atoms with Crippen LogP contribution in [0, 0.1) is 6.92 Å². The van der Waals surface area contributed by atoms with Crippen LogP contribution < -0.4 is 20.3 Å². The van der Waals surface area contributed by atoms with E-state index in [4.69, 9.17) is 14.6 Å². The Balaban J connectivity index is 1.59. The highest BCUT2D eigenvalue weighted by atomic mass is 16.5. The Bertz CT molecular complexity index is 1310. The lowest BCUT2D eigenvalue weighted by Gasteiger charge is -2.21. The molecule has 0 radical (unpaired) electrons. The van der Waals surface area contributed by atoms with E-state index in [1.54, 1.807) is 32.4 Å². The molecular formula is C30H35N3O6. The maximum atomic E-state index is 12.8. The van der Waals surface area contributed by atoms with E-state index < -0.39 is 5.97 Å². The molecule has 39 heavy (non-hydrogen) atoms. The van der Waals surface area contributed by atoms with E-state index in [0.717, 1.165) is 28.1 Å². The third kappa shape index (κ3) is 8.31. The molecular weight excluding hydrogens is 498 g/mol. The number of para-hydroxylation sites is 1. The number of rotatable bonds is 13. The fourth-order valence-electron chi connectivity index (χ4n) is 4.21. The molecule has 0 saturated heterocycles. The molecule has 9 heteroatoms. The van der Waals surface area contributed by atoms with E-state index >= 15 is 0 Å². The van der Waals surface area contributed by atoms with Crippen molar-refractivity contribution in [1.29, 1.82) is 0 Å². The molecule has 206 valence electrons. The van der Waals surface area contributed by atoms with Gasteiger partial charge in [-0.2, -0.15) is 0 Å². The minimum absolute atomic E-state index is 0.00395. The summed E-state index contributed by atoms with van der Waals surface area (Å²) >= 11 is 0. The minimum atomic E-state index is -0.876. The van der Waals surface area contributed by atoms with Crippen LogP contribution >= 0.6 is 0 Å². The zero-order chi connectivity index (χ0) is 28.4. The summed E-state index contributed by atoms with van der Waals surface area (Å²) in [6, 6.07) is 20.0. The Morgan fingerprint density at radius 3 is 2.46 bits per heavy atom. The van der Waals surface area contributed by atoms with Crippen molar-refractivity contribution in [3.05, 3.63) is 83.4 Å². The SMILES string of the molecule is COc1cc(CC(=O)CNc2cccc(C(CCC(=O)O)OC)c2)ccc1NC(=O)N(C)c1ccccc1C. The van der Waals surface area contributed by atoms with Crippen LogP contribution in [0.15, 0.2) is 66.7 Å². The van der Waals surface area contributed by atoms with Crippen molar-refractivity contribution in [1.82, 2.24) is 0 Å². The number of carbonyl (C=O) groups is 3. The fraction of sp³-hybridized carbons (Fsp3) is 0.300. The number of hydrogen-bond donors (Lipinski definition) is 3. The average Bonchev–Trinajstić information content (AvgIpc) is 2.93. The molecule has 2 amide bonds. The van der Waals surface area contributed by atoms with Gasteiger partial charge in [0.2, 0.25) is 0 Å². The van der Waals surface area contributed by atoms with Crippen LogP contribution in [-0.4, -0.2) is 50.7 Å². The minimum Gasteiger partial charge on any atom is -0.495 e. The van der Waals surface area contributed by atoms with Crippen LogP contribution in [-0.2, 0) is 20.7 Å². The number of urea groups is 1. The summed E-state index contributed by atoms with van der Waals surface area (Å²) < 4.78 is 10.9. The van der Waals surface area contributed by atoms with E-state index in [9.17, 15) is 14.4 Å². The van der Waals surface area contributed by atoms with Crippen LogP contribution in [0.25, 0.3) is 0 Å². The summed E-state index contributed by atoms with van der Waals surface area (Å²) in [4.78, 5) is 38.0. The number of carboxylic acids is 1. The van der Waals surface area contributed by atoms with Crippen molar-refractivity contribution in [2.24, 2.45) is 0 Å². The van der Waals surface area contributed by atoms with Crippen molar-refractivity contribution in [2.75, 3.05) is 43.3 Å². The van der Waals surface area contributed by atoms with Gasteiger partial charge < -0.3 is 25.2 Å². The van der Waals surface area contributed by atoms with Gasteiger partial charge in [0.25, 0.3) is 0 Å². The van der Waals surface area contributed by atoms with Gasteiger partial charge in [-0.3, -0.25) is 14.5 Å². The van der Waals surface area contributed by atoms with Gasteiger partial charge in [-0.15, -0.1) is 0 Å². The van der Waals surface area contributed by atoms with Gasteiger partial charge in [-0.05, 0) is 60.4 Å². The number of anilines is 3. The number of benzene rings is 3. The zero-order valence-corrected chi connectivity index (χ0v) is 22.7. The number of aryl methyl sites for hydroxylation is 1. The topological polar surface area (TPSA) is 117 Å². The lowest BCUT2D eigenvalue weighted by atomic mass is 10.0. The van der Waals surface area contributed by atoms with Gasteiger partial charge in [0.1, 0.15) is 5.75 Å². The summed E-state index contributed by atoms with van der Waals surface area (Å²) in [5, 5.41) is 15.0. The molecule has 0 spiro atoms. The third-order valence-electron chi connectivity index (χ3n) is 6.34. The molecule has 0 aliphatic carbocycles. The van der Waals surface area contributed by atoms with E-state index in [2.05, 4.69) is 10.6 Å². The van der Waals surface area contributed by atoms with Gasteiger partial charge in [0, 0.05) is 38.4 Å². The molecule has 9 nitrogen and oxygen atoms in total. The second-order valence-electron chi connectivity index (χ2n) is 9.16. The molecule has 3 N–H and O–H groups in total. The predicted molar refractivity (Wildman–Crippen MR) is 152 cm³/mol. The standard InChI is InChI=1S/C30H35N3O6/c1-20-8-5-6-11-26(20)33(2)30(37)32-25-13-12-21(17-28(25)39-4)16-24(34)19-31-23-10-7-9-22(18-23)27(38-3)14-15-29(35)36/h5-13,17-18,27,31H,14-16,19H2,1-4H3,(H,32,37)(H,35,36). The van der Waals surface area contributed by atoms with Crippen LogP contribution in [0.2, 0.25) is 0 Å². The first-order valence-corrected chi connectivity index (χ1v) is 12.6. The van der Waals surface area contributed by atoms with Gasteiger partial charge in [0.05, 0.1) is 25.4 Å². The molecule has 3 rings (SSSR count). The molecule has 0 aliphatic heterocycles. The third-order valence-corrected chi connectivity index (χ3v) is 6.34. The molecule has 0 heterocycles. The molecule has 1 unspecified atom stereocenters. The monoisotopic (exact) mass is 533 g/mol. The first kappa shape index (κ1) is 29.2. The second kappa shape index (κ2) is 14.0. The summed E-state index contributed by atoms with van der Waals surface area (Å²) in [5.41, 5.74) is 4.62. The number of carboxylic acid groups (broad SMARTS) is 1. The molecule has 0 saturated carbocycles. The molecule has 0 fully saturated rings. The maximum Gasteiger partial charge on any atom is 0.326 e. The number of ether oxygens (including phenoxy) is 2. The van der Waals surface area contributed by atoms with Crippen LogP contribution in [0.3, 0.4) is 0 Å². The molecule has 0 aliphatic rings. The fourth-order valence-corrected chi connectivity index (χ4v) is 4.21. The highest BCUT2D eigenvalue weighted by Gasteiger charge is 2.16. The largest absolute Gasteiger partial charge is 0.495 e. The van der Waals surface area contributed by atoms with E-state index in [0.29, 0.717) is 17.9 Å². The quantitative estimate of drug-likeness (QED) is 0.268. The Labute approximate surface area is 228 Å². The van der Waals surface area contributed by atoms with Crippen LogP contribution in [0.4, 0.5) is 21.9 Å². The van der Waals surface area contributed by atoms with Gasteiger partial charge in [0.15, 0.2) is 5.78 Å². The Kier molecular flexibility index (Phi) is 10.5. The van der Waals surface area contributed by atoms with E-state index in [-0.39, 0.29) is 37.3 Å². The number of Topliss-reactive ketones (excluding diaryl/α,β-unsaturated/α-hetero) is 1. The molecule has 0 bridgehead atoms. The highest BCUT2D eigenvalue weighted by Crippen LogP contribution is 2.28. The van der Waals surface area contributed by atoms with Crippen molar-refractivity contribution >= 4 is 34.8 Å². The van der Waals surface area contributed by atoms with Crippen molar-refractivity contribution < 1.29 is 29.0 Å². The van der Waals surface area contributed by atoms with Crippen LogP contribution in [0.1, 0.15) is 35.6 Å². The lowest BCUT2D eigenvalue weighted by Crippen LogP contribution is -2.31. The molecule has 1 atom stereocenters. The van der Waals surface area contributed by atoms with Gasteiger partial charge in [-0.25, -0.2) is 4.79 Å². The Morgan fingerprint density at radius 2 is 1.77 bits per heavy atom. The normalized spacial score (nSPS) is 11.4. The summed E-state index contributed by atoms with van der Waals surface area (Å²) in [6.07, 6.45) is 0.194. The number of ketones is 1. The number of hydrogen-bond acceptors (Lipinski definition) is 6. The Morgan fingerprint density at radius 1 is 1.00 bits per heavy atom. The van der Waals surface area contributed by atoms with Crippen molar-refractivity contribution in [3.63, 3.8) is 0 Å². The number of amides is 2. The number of nitrogens with zero attached hydrogens (tertiary/aromatic N) is 1. The smallest absolute Gasteiger partial charge is 0.326 e. The summed E-state index contributed by atoms with van der Waals surface area (Å²) in [5.74, 6) is -0.453. The summed E-state index contributed by atoms with van der Waals surface area (Å²) in [6.45, 7) is 2.05. The van der Waals surface area contributed by atoms with Gasteiger partial charge in [-0.1, -0.05) is 36.4 Å². The van der Waals surface area contributed by atoms with E-state index in [1.165, 1.54) is 12.0 Å². The number of aliphatic carboxylic acids is 1. The highest BCUT2D eigenvalue weighted by molar-refractivity contribution is 6.02. The maximum absolute atomic E-state index is 12.8. The van der Waals surface area contributed by atoms with Crippen LogP contribution in [0.5, 0.6) is 5.75 Å². The summed E-state index contributed by atoms with van der Waals surface area (Å²) in [7, 11) is 4.76. The Hall–Kier alpha value is -4.37. The molecule has 3 aromatic rings. The zero-order valence-electron chi connectivity index (χ0n) is 22.7. The molecule has 0 aromatic heterocycles. The van der Waals surface area contributed by atoms with E-state index in [1.807, 2.05) is 55.5 Å². The number of methoxy groups -OCH3 is 2. The second-order valence-corrected chi connectivity index (χ2v) is 9.16. The first-order chi connectivity index (χ1) is 18.7. The van der Waals surface area contributed by atoms with Gasteiger partial charge >= 0.3 is 12.0 Å². The number of nitrogens with one attached hydrogen (secondary N) is 2. The van der Waals surface area contributed by atoms with Crippen molar-refractivity contribution in [3.8, 4) is 5.75 Å². The average molecular weight is 534 g/mol. The molecule has 3 aromatic carbocycles.